The molecular formula is C16H15BrFNO3. The summed E-state index contributed by atoms with van der Waals surface area (Å²) in [5, 5.41) is 2.63. The maximum absolute atomic E-state index is 12.9. The van der Waals surface area contributed by atoms with Gasteiger partial charge in [0.15, 0.2) is 0 Å². The Hall–Kier alpha value is -1.92. The lowest BCUT2D eigenvalue weighted by Crippen LogP contribution is -2.20. The summed E-state index contributed by atoms with van der Waals surface area (Å²) in [5.41, 5.74) is 0.496. The minimum Gasteiger partial charge on any atom is -0.491 e. The molecular weight excluding hydrogens is 353 g/mol. The average Bonchev–Trinajstić information content (AvgIpc) is 2.51. The lowest BCUT2D eigenvalue weighted by atomic mass is 10.3. The van der Waals surface area contributed by atoms with Gasteiger partial charge >= 0.3 is 0 Å². The molecule has 6 heteroatoms. The molecule has 2 aromatic carbocycles. The first kappa shape index (κ1) is 16.5. The summed E-state index contributed by atoms with van der Waals surface area (Å²) in [6.07, 6.45) is 0. The topological polar surface area (TPSA) is 47.6 Å². The van der Waals surface area contributed by atoms with Crippen molar-refractivity contribution in [3.63, 3.8) is 0 Å². The number of benzene rings is 2. The van der Waals surface area contributed by atoms with E-state index in [1.54, 1.807) is 0 Å². The largest absolute Gasteiger partial charge is 0.491 e. The second-order valence-corrected chi connectivity index (χ2v) is 5.24. The van der Waals surface area contributed by atoms with Crippen molar-refractivity contribution in [3.05, 3.63) is 58.8 Å². The molecule has 0 aliphatic heterocycles. The van der Waals surface area contributed by atoms with Crippen molar-refractivity contribution in [2.75, 3.05) is 25.1 Å². The number of hydrogen-bond donors (Lipinski definition) is 1. The molecule has 0 heterocycles. The van der Waals surface area contributed by atoms with E-state index in [4.69, 9.17) is 9.47 Å². The molecule has 0 aromatic heterocycles. The Morgan fingerprint density at radius 2 is 1.91 bits per heavy atom. The van der Waals surface area contributed by atoms with Crippen LogP contribution in [0.5, 0.6) is 5.75 Å². The zero-order valence-electron chi connectivity index (χ0n) is 11.7. The Labute approximate surface area is 136 Å². The molecule has 1 amide bonds. The van der Waals surface area contributed by atoms with Crippen LogP contribution in [0.3, 0.4) is 0 Å². The summed E-state index contributed by atoms with van der Waals surface area (Å²) < 4.78 is 24.1. The van der Waals surface area contributed by atoms with Gasteiger partial charge in [0.25, 0.3) is 0 Å². The number of hydrogen-bond acceptors (Lipinski definition) is 3. The standard InChI is InChI=1S/C16H15BrFNO3/c17-14-10-12(18)6-7-15(14)19-16(20)11-21-8-9-22-13-4-2-1-3-5-13/h1-7,10H,8-9,11H2,(H,19,20). The van der Waals surface area contributed by atoms with Crippen LogP contribution in [0.25, 0.3) is 0 Å². The van der Waals surface area contributed by atoms with Gasteiger partial charge in [0, 0.05) is 4.47 Å². The molecule has 0 saturated carbocycles. The molecule has 2 aromatic rings. The highest BCUT2D eigenvalue weighted by Gasteiger charge is 2.06. The van der Waals surface area contributed by atoms with E-state index in [2.05, 4.69) is 21.2 Å². The first-order valence-corrected chi connectivity index (χ1v) is 7.45. The van der Waals surface area contributed by atoms with E-state index >= 15 is 0 Å². The van der Waals surface area contributed by atoms with Gasteiger partial charge in [0.2, 0.25) is 5.91 Å². The van der Waals surface area contributed by atoms with Crippen molar-refractivity contribution in [1.29, 1.82) is 0 Å². The van der Waals surface area contributed by atoms with Gasteiger partial charge in [-0.2, -0.15) is 0 Å². The van der Waals surface area contributed by atoms with E-state index in [-0.39, 0.29) is 18.3 Å². The predicted octanol–water partition coefficient (Wildman–Crippen LogP) is 3.62. The van der Waals surface area contributed by atoms with E-state index < -0.39 is 0 Å². The third kappa shape index (κ3) is 5.46. The first-order chi connectivity index (χ1) is 10.6. The number of rotatable bonds is 7. The van der Waals surface area contributed by atoms with E-state index in [0.717, 1.165) is 5.75 Å². The quantitative estimate of drug-likeness (QED) is 0.760. The number of halogens is 2. The zero-order chi connectivity index (χ0) is 15.8. The van der Waals surface area contributed by atoms with Crippen molar-refractivity contribution in [3.8, 4) is 5.75 Å². The van der Waals surface area contributed by atoms with Gasteiger partial charge in [-0.15, -0.1) is 0 Å². The number of para-hydroxylation sites is 1. The van der Waals surface area contributed by atoms with Gasteiger partial charge in [0.05, 0.1) is 12.3 Å². The predicted molar refractivity (Wildman–Crippen MR) is 85.5 cm³/mol. The van der Waals surface area contributed by atoms with Crippen LogP contribution in [0.4, 0.5) is 10.1 Å². The number of nitrogens with one attached hydrogen (secondary N) is 1. The minimum absolute atomic E-state index is 0.0953. The van der Waals surface area contributed by atoms with Crippen molar-refractivity contribution in [2.45, 2.75) is 0 Å². The lowest BCUT2D eigenvalue weighted by Gasteiger charge is -2.09. The minimum atomic E-state index is -0.376. The third-order valence-corrected chi connectivity index (χ3v) is 3.33. The molecule has 0 aliphatic carbocycles. The average molecular weight is 368 g/mol. The number of carbonyl (C=O) groups excluding carboxylic acids is 1. The van der Waals surface area contributed by atoms with Crippen LogP contribution in [-0.2, 0) is 9.53 Å². The van der Waals surface area contributed by atoms with Gasteiger partial charge < -0.3 is 14.8 Å². The number of ether oxygens (including phenoxy) is 2. The SMILES string of the molecule is O=C(COCCOc1ccccc1)Nc1ccc(F)cc1Br. The molecule has 1 N–H and O–H groups in total. The van der Waals surface area contributed by atoms with Crippen LogP contribution in [0.15, 0.2) is 53.0 Å². The smallest absolute Gasteiger partial charge is 0.250 e. The highest BCUT2D eigenvalue weighted by atomic mass is 79.9. The van der Waals surface area contributed by atoms with E-state index in [1.165, 1.54) is 18.2 Å². The molecule has 2 rings (SSSR count). The van der Waals surface area contributed by atoms with Crippen LogP contribution in [0.1, 0.15) is 0 Å². The molecule has 0 spiro atoms. The van der Waals surface area contributed by atoms with Crippen LogP contribution >= 0.6 is 15.9 Å². The summed E-state index contributed by atoms with van der Waals surface area (Å²) in [4.78, 5) is 11.7. The zero-order valence-corrected chi connectivity index (χ0v) is 13.3. The fourth-order valence-corrected chi connectivity index (χ4v) is 2.13. The number of carbonyl (C=O) groups is 1. The van der Waals surface area contributed by atoms with E-state index in [0.29, 0.717) is 23.4 Å². The van der Waals surface area contributed by atoms with Gasteiger partial charge in [-0.1, -0.05) is 18.2 Å². The Morgan fingerprint density at radius 1 is 1.14 bits per heavy atom. The molecule has 0 fully saturated rings. The summed E-state index contributed by atoms with van der Waals surface area (Å²) in [5.74, 6) is 0.0667. The Bertz CT molecular complexity index is 622. The molecule has 0 saturated heterocycles. The maximum Gasteiger partial charge on any atom is 0.250 e. The highest BCUT2D eigenvalue weighted by molar-refractivity contribution is 9.10. The van der Waals surface area contributed by atoms with Crippen LogP contribution in [0, 0.1) is 5.82 Å². The summed E-state index contributed by atoms with van der Waals surface area (Å²) >= 11 is 3.18. The van der Waals surface area contributed by atoms with Crippen LogP contribution < -0.4 is 10.1 Å². The summed E-state index contributed by atoms with van der Waals surface area (Å²) in [6, 6.07) is 13.4. The molecule has 0 radical (unpaired) electrons. The summed E-state index contributed by atoms with van der Waals surface area (Å²) in [7, 11) is 0. The van der Waals surface area contributed by atoms with Gasteiger partial charge in [-0.3, -0.25) is 4.79 Å². The van der Waals surface area contributed by atoms with E-state index in [1.807, 2.05) is 30.3 Å². The molecule has 0 atom stereocenters. The number of amides is 1. The lowest BCUT2D eigenvalue weighted by molar-refractivity contribution is -0.120. The first-order valence-electron chi connectivity index (χ1n) is 6.65. The van der Waals surface area contributed by atoms with Gasteiger partial charge in [0.1, 0.15) is 24.8 Å². The maximum atomic E-state index is 12.9. The molecule has 0 aliphatic rings. The fourth-order valence-electron chi connectivity index (χ4n) is 1.68. The van der Waals surface area contributed by atoms with Crippen molar-refractivity contribution < 1.29 is 18.7 Å². The number of anilines is 1. The van der Waals surface area contributed by atoms with Crippen molar-refractivity contribution >= 4 is 27.5 Å². The normalized spacial score (nSPS) is 10.3. The Kier molecular flexibility index (Phi) is 6.36. The highest BCUT2D eigenvalue weighted by Crippen LogP contribution is 2.22. The Morgan fingerprint density at radius 3 is 2.64 bits per heavy atom. The van der Waals surface area contributed by atoms with E-state index in [9.17, 15) is 9.18 Å². The molecule has 0 bridgehead atoms. The molecule has 116 valence electrons. The molecule has 22 heavy (non-hydrogen) atoms. The second-order valence-electron chi connectivity index (χ2n) is 4.39. The summed E-state index contributed by atoms with van der Waals surface area (Å²) in [6.45, 7) is 0.562. The fraction of sp³-hybridized carbons (Fsp3) is 0.188. The van der Waals surface area contributed by atoms with Crippen LogP contribution in [0.2, 0.25) is 0 Å². The Balaban J connectivity index is 1.65. The second kappa shape index (κ2) is 8.51. The van der Waals surface area contributed by atoms with Crippen molar-refractivity contribution in [2.24, 2.45) is 0 Å². The molecule has 4 nitrogen and oxygen atoms in total. The van der Waals surface area contributed by atoms with Gasteiger partial charge in [-0.05, 0) is 46.3 Å². The van der Waals surface area contributed by atoms with Crippen LogP contribution in [-0.4, -0.2) is 25.7 Å². The monoisotopic (exact) mass is 367 g/mol. The third-order valence-electron chi connectivity index (χ3n) is 2.68. The molecule has 0 unspecified atom stereocenters. The van der Waals surface area contributed by atoms with Gasteiger partial charge in [-0.25, -0.2) is 4.39 Å². The van der Waals surface area contributed by atoms with Crippen molar-refractivity contribution in [1.82, 2.24) is 0 Å².